The van der Waals surface area contributed by atoms with Gasteiger partial charge in [-0.3, -0.25) is 33.8 Å². The van der Waals surface area contributed by atoms with Gasteiger partial charge in [-0.1, -0.05) is 91.0 Å². The van der Waals surface area contributed by atoms with Crippen LogP contribution in [0.15, 0.2) is 157 Å². The Kier molecular flexibility index (Phi) is 16.7. The van der Waals surface area contributed by atoms with Crippen molar-refractivity contribution in [1.29, 1.82) is 0 Å². The van der Waals surface area contributed by atoms with Crippen molar-refractivity contribution in [3.8, 4) is 0 Å². The predicted molar refractivity (Wildman–Crippen MR) is 317 cm³/mol. The van der Waals surface area contributed by atoms with E-state index in [9.17, 15) is 19.2 Å². The summed E-state index contributed by atoms with van der Waals surface area (Å²) in [5, 5.41) is 18.6. The van der Waals surface area contributed by atoms with E-state index in [0.717, 1.165) is 65.6 Å². The summed E-state index contributed by atoms with van der Waals surface area (Å²) in [6, 6.07) is 30.2. The third-order valence-corrected chi connectivity index (χ3v) is 15.0. The Morgan fingerprint density at radius 2 is 0.659 bits per heavy atom. The molecule has 21 nitrogen and oxygen atoms in total. The molecule has 6 amide bonds. The van der Waals surface area contributed by atoms with Crippen LogP contribution in [-0.2, 0) is 60.9 Å². The lowest BCUT2D eigenvalue weighted by atomic mass is 9.99. The van der Waals surface area contributed by atoms with Crippen molar-refractivity contribution < 1.29 is 28.8 Å². The van der Waals surface area contributed by atoms with Gasteiger partial charge in [-0.25, -0.2) is 0 Å². The first-order chi connectivity index (χ1) is 39.8. The van der Waals surface area contributed by atoms with Gasteiger partial charge in [-0.15, -0.1) is 0 Å². The second kappa shape index (κ2) is 24.9. The van der Waals surface area contributed by atoms with Crippen molar-refractivity contribution in [2.45, 2.75) is 81.2 Å². The molecule has 0 saturated heterocycles. The van der Waals surface area contributed by atoms with E-state index in [1.54, 1.807) is 31.0 Å². The molecule has 5 heterocycles. The molecule has 21 heteroatoms. The molecule has 6 atom stereocenters. The van der Waals surface area contributed by atoms with E-state index in [0.29, 0.717) is 16.7 Å². The van der Waals surface area contributed by atoms with Crippen molar-refractivity contribution in [3.63, 3.8) is 0 Å². The summed E-state index contributed by atoms with van der Waals surface area (Å²) in [5.74, 6) is -4.42. The second-order valence-corrected chi connectivity index (χ2v) is 20.6. The minimum atomic E-state index is -1.37. The van der Waals surface area contributed by atoms with Crippen LogP contribution in [0.5, 0.6) is 0 Å². The Morgan fingerprint density at radius 3 is 0.988 bits per heavy atom. The standard InChI is InChI=1S/C61H65N15O6/c62-44(24-34-29-67-45-17-6-1-12-39(34)45)56(78)72-50(22-11-23-66-61(64)65)57(79)74-53(27-37-32-70-48-20-9-4-15-42(37)48)59(81)76-54(28-38-33-71-49-21-10-5-16-43(38)49)60(82)75-52(26-36-31-69-47-19-8-3-14-41(36)47)58(80)73-51(55(63)77)25-35-30-68-46-18-7-2-13-40(35)46/h1-10,12-21,29-33,44,50-54,67-71H,11,22-28,62H2,(H2,63,77)(H,72,78)(H,73,80)(H,74,79)(H,75,82)(H,76,81)(H4,64,65,66). The molecule has 18 N–H and O–H groups in total. The van der Waals surface area contributed by atoms with Crippen molar-refractivity contribution in [2.24, 2.45) is 27.9 Å². The molecular formula is C61H65N15O6. The summed E-state index contributed by atoms with van der Waals surface area (Å²) in [7, 11) is 0. The normalized spacial score (nSPS) is 13.7. The summed E-state index contributed by atoms with van der Waals surface area (Å²) < 4.78 is 0. The SMILES string of the molecule is NC(=O)C(Cc1c[nH]c2ccccc12)NC(=O)C(Cc1c[nH]c2ccccc12)NC(=O)C(Cc1c[nH]c2ccccc12)NC(=O)C(Cc1c[nH]c2ccccc12)NC(=O)C(CCCN=C(N)N)NC(=O)C(N)Cc1c[nH]c2ccccc12. The van der Waals surface area contributed by atoms with Gasteiger partial charge in [0.2, 0.25) is 35.4 Å². The molecule has 0 bridgehead atoms. The molecule has 10 rings (SSSR count). The van der Waals surface area contributed by atoms with Gasteiger partial charge < -0.3 is 74.4 Å². The van der Waals surface area contributed by atoms with Crippen LogP contribution in [0.2, 0.25) is 0 Å². The number of rotatable bonds is 25. The number of H-pyrrole nitrogens is 5. The molecule has 5 aromatic carbocycles. The lowest BCUT2D eigenvalue weighted by Crippen LogP contribution is -2.60. The van der Waals surface area contributed by atoms with Crippen molar-refractivity contribution in [3.05, 3.63) is 180 Å². The summed E-state index contributed by atoms with van der Waals surface area (Å²) in [4.78, 5) is 107. The van der Waals surface area contributed by atoms with Gasteiger partial charge in [-0.05, 0) is 77.4 Å². The lowest BCUT2D eigenvalue weighted by molar-refractivity contribution is -0.135. The van der Waals surface area contributed by atoms with E-state index in [1.165, 1.54) is 0 Å². The fourth-order valence-corrected chi connectivity index (χ4v) is 10.7. The largest absolute Gasteiger partial charge is 0.370 e. The molecule has 6 unspecified atom stereocenters. The van der Waals surface area contributed by atoms with Crippen molar-refractivity contribution in [2.75, 3.05) is 6.54 Å². The van der Waals surface area contributed by atoms with E-state index in [-0.39, 0.29) is 57.5 Å². The zero-order chi connectivity index (χ0) is 57.3. The van der Waals surface area contributed by atoms with Crippen molar-refractivity contribution >= 4 is 95.9 Å². The van der Waals surface area contributed by atoms with E-state index < -0.39 is 71.7 Å². The quantitative estimate of drug-likeness (QED) is 0.0224. The van der Waals surface area contributed by atoms with Gasteiger partial charge in [0, 0.05) is 118 Å². The maximum Gasteiger partial charge on any atom is 0.243 e. The highest BCUT2D eigenvalue weighted by atomic mass is 16.2. The average molecular weight is 1100 g/mol. The summed E-state index contributed by atoms with van der Waals surface area (Å²) in [6.45, 7) is 0.139. The summed E-state index contributed by atoms with van der Waals surface area (Å²) in [6.07, 6.45) is 9.17. The highest BCUT2D eigenvalue weighted by Gasteiger charge is 2.35. The summed E-state index contributed by atoms with van der Waals surface area (Å²) in [5.41, 5.74) is 31.5. The third-order valence-electron chi connectivity index (χ3n) is 15.0. The third kappa shape index (κ3) is 12.8. The molecule has 10 aromatic rings. The number of carbonyl (C=O) groups excluding carboxylic acids is 6. The molecule has 420 valence electrons. The van der Waals surface area contributed by atoms with E-state index >= 15 is 9.59 Å². The number of benzene rings is 5. The molecule has 0 fully saturated rings. The topological polar surface area (TPSA) is 358 Å². The number of carbonyl (C=O) groups is 6. The number of guanidine groups is 1. The Bertz CT molecular complexity index is 3980. The molecule has 5 aromatic heterocycles. The fourth-order valence-electron chi connectivity index (χ4n) is 10.7. The Balaban J connectivity index is 0.954. The van der Waals surface area contributed by atoms with Crippen LogP contribution in [0.4, 0.5) is 0 Å². The van der Waals surface area contributed by atoms with Gasteiger partial charge in [-0.2, -0.15) is 0 Å². The number of aromatic amines is 5. The van der Waals surface area contributed by atoms with Crippen LogP contribution in [0.1, 0.15) is 40.7 Å². The number of amides is 6. The fraction of sp³-hybridized carbons (Fsp3) is 0.230. The molecule has 0 aliphatic rings. The number of aliphatic imine (C=N–C) groups is 1. The minimum Gasteiger partial charge on any atom is -0.370 e. The molecule has 0 aliphatic heterocycles. The average Bonchev–Trinajstić information content (AvgIpc) is 4.36. The van der Waals surface area contributed by atoms with E-state index in [2.05, 4.69) is 56.5 Å². The van der Waals surface area contributed by atoms with Crippen molar-refractivity contribution in [1.82, 2.24) is 51.5 Å². The van der Waals surface area contributed by atoms with Gasteiger partial charge >= 0.3 is 0 Å². The van der Waals surface area contributed by atoms with E-state index in [1.807, 2.05) is 121 Å². The van der Waals surface area contributed by atoms with Gasteiger partial charge in [0.05, 0.1) is 6.04 Å². The number of hydrogen-bond acceptors (Lipinski definition) is 8. The van der Waals surface area contributed by atoms with Crippen LogP contribution < -0.4 is 49.5 Å². The van der Waals surface area contributed by atoms with Crippen LogP contribution >= 0.6 is 0 Å². The Morgan fingerprint density at radius 1 is 0.378 bits per heavy atom. The number of nitrogens with two attached hydrogens (primary N) is 4. The second-order valence-electron chi connectivity index (χ2n) is 20.6. The monoisotopic (exact) mass is 1100 g/mol. The highest BCUT2D eigenvalue weighted by Crippen LogP contribution is 2.25. The number of primary amides is 1. The van der Waals surface area contributed by atoms with Crippen LogP contribution in [0.3, 0.4) is 0 Å². The van der Waals surface area contributed by atoms with Gasteiger partial charge in [0.1, 0.15) is 30.2 Å². The Hall–Kier alpha value is -10.2. The minimum absolute atomic E-state index is 0.0329. The van der Waals surface area contributed by atoms with Crippen LogP contribution in [0, 0.1) is 0 Å². The number of para-hydroxylation sites is 5. The number of nitrogens with zero attached hydrogens (tertiary/aromatic N) is 1. The van der Waals surface area contributed by atoms with Gasteiger partial charge in [0.15, 0.2) is 5.96 Å². The lowest BCUT2D eigenvalue weighted by Gasteiger charge is -2.27. The first-order valence-corrected chi connectivity index (χ1v) is 27.1. The highest BCUT2D eigenvalue weighted by molar-refractivity contribution is 5.99. The van der Waals surface area contributed by atoms with Crippen LogP contribution in [0.25, 0.3) is 54.5 Å². The molecular weight excluding hydrogens is 1040 g/mol. The van der Waals surface area contributed by atoms with Crippen LogP contribution in [-0.4, -0.2) is 109 Å². The smallest absolute Gasteiger partial charge is 0.243 e. The van der Waals surface area contributed by atoms with Gasteiger partial charge in [0.25, 0.3) is 0 Å². The molecule has 0 saturated carbocycles. The summed E-state index contributed by atoms with van der Waals surface area (Å²) >= 11 is 0. The number of aromatic nitrogens is 5. The molecule has 0 radical (unpaired) electrons. The zero-order valence-corrected chi connectivity index (χ0v) is 44.8. The predicted octanol–water partition coefficient (Wildman–Crippen LogP) is 3.90. The number of nitrogens with one attached hydrogen (secondary N) is 10. The number of fused-ring (bicyclic) bond motifs is 5. The zero-order valence-electron chi connectivity index (χ0n) is 44.8. The maximum atomic E-state index is 15.3. The Labute approximate surface area is 470 Å². The molecule has 82 heavy (non-hydrogen) atoms. The molecule has 0 spiro atoms. The first-order valence-electron chi connectivity index (χ1n) is 27.1. The molecule has 0 aliphatic carbocycles. The number of hydrogen-bond donors (Lipinski definition) is 14. The maximum absolute atomic E-state index is 15.3. The first kappa shape index (κ1) is 55.2. The van der Waals surface area contributed by atoms with E-state index in [4.69, 9.17) is 22.9 Å².